The fraction of sp³-hybridized carbons (Fsp3) is 0.842. The molecule has 0 saturated heterocycles. The van der Waals surface area contributed by atoms with Gasteiger partial charge in [-0.25, -0.2) is 4.79 Å². The lowest BCUT2D eigenvalue weighted by Crippen LogP contribution is -2.38. The van der Waals surface area contributed by atoms with E-state index in [0.717, 1.165) is 24.7 Å². The third kappa shape index (κ3) is 4.31. The van der Waals surface area contributed by atoms with Crippen LogP contribution in [-0.4, -0.2) is 17.3 Å². The fourth-order valence-corrected chi connectivity index (χ4v) is 4.63. The van der Waals surface area contributed by atoms with E-state index < -0.39 is 0 Å². The topological polar surface area (TPSA) is 26.3 Å². The van der Waals surface area contributed by atoms with Gasteiger partial charge in [0.2, 0.25) is 0 Å². The lowest BCUT2D eigenvalue weighted by atomic mass is 9.61. The molecule has 0 spiro atoms. The number of carbonyl (C=O) groups is 1. The van der Waals surface area contributed by atoms with E-state index in [1.807, 2.05) is 0 Å². The second-order valence-corrected chi connectivity index (χ2v) is 8.72. The van der Waals surface area contributed by atoms with Gasteiger partial charge in [-0.2, -0.15) is 12.6 Å². The van der Waals surface area contributed by atoms with Crippen molar-refractivity contribution < 1.29 is 9.53 Å². The van der Waals surface area contributed by atoms with Crippen molar-refractivity contribution >= 4 is 18.6 Å². The molecule has 2 nitrogen and oxygen atoms in total. The third-order valence-electron chi connectivity index (χ3n) is 6.10. The van der Waals surface area contributed by atoms with Gasteiger partial charge in [0.25, 0.3) is 0 Å². The van der Waals surface area contributed by atoms with Crippen LogP contribution in [-0.2, 0) is 9.53 Å². The van der Waals surface area contributed by atoms with E-state index in [0.29, 0.717) is 16.2 Å². The quantitative estimate of drug-likeness (QED) is 0.438. The smallest absolute Gasteiger partial charge is 0.333 e. The van der Waals surface area contributed by atoms with Gasteiger partial charge in [-0.15, -0.1) is 0 Å². The summed E-state index contributed by atoms with van der Waals surface area (Å²) in [7, 11) is 0. The molecule has 0 radical (unpaired) electrons. The summed E-state index contributed by atoms with van der Waals surface area (Å²) in [5.41, 5.74) is 0.906. The number of hydrogen-bond donors (Lipinski definition) is 1. The fourth-order valence-electron chi connectivity index (χ4n) is 4.33. The van der Waals surface area contributed by atoms with Crippen LogP contribution in [0.25, 0.3) is 0 Å². The van der Waals surface area contributed by atoms with Crippen molar-refractivity contribution in [3.05, 3.63) is 12.2 Å². The van der Waals surface area contributed by atoms with Gasteiger partial charge in [0.05, 0.1) is 0 Å². The van der Waals surface area contributed by atoms with Gasteiger partial charge < -0.3 is 4.74 Å². The third-order valence-corrected chi connectivity index (χ3v) is 6.61. The first-order valence-corrected chi connectivity index (χ1v) is 9.37. The highest BCUT2D eigenvalue weighted by molar-refractivity contribution is 7.80. The minimum atomic E-state index is -0.227. The van der Waals surface area contributed by atoms with Gasteiger partial charge in [-0.1, -0.05) is 20.4 Å². The SMILES string of the molecule is C=C(C)C(=O)OC1CCC(C(C)(C)C2CCC(S)CC2)CC1. The van der Waals surface area contributed by atoms with Gasteiger partial charge in [-0.05, 0) is 75.5 Å². The molecule has 2 aliphatic carbocycles. The van der Waals surface area contributed by atoms with E-state index in [-0.39, 0.29) is 12.1 Å². The van der Waals surface area contributed by atoms with Crippen molar-refractivity contribution in [2.45, 2.75) is 83.5 Å². The molecule has 0 heterocycles. The molecule has 2 aliphatic rings. The Balaban J connectivity index is 1.85. The number of thiol groups is 1. The van der Waals surface area contributed by atoms with E-state index in [4.69, 9.17) is 4.74 Å². The van der Waals surface area contributed by atoms with Crippen molar-refractivity contribution in [3.63, 3.8) is 0 Å². The number of rotatable bonds is 4. The van der Waals surface area contributed by atoms with Crippen LogP contribution < -0.4 is 0 Å². The summed E-state index contributed by atoms with van der Waals surface area (Å²) in [6.45, 7) is 10.3. The maximum absolute atomic E-state index is 11.6. The molecule has 0 aromatic carbocycles. The van der Waals surface area contributed by atoms with Gasteiger partial charge in [0, 0.05) is 10.8 Å². The van der Waals surface area contributed by atoms with Crippen LogP contribution in [0, 0.1) is 17.3 Å². The molecule has 2 fully saturated rings. The average molecular weight is 325 g/mol. The van der Waals surface area contributed by atoms with Crippen LogP contribution in [0.5, 0.6) is 0 Å². The van der Waals surface area contributed by atoms with Gasteiger partial charge in [0.15, 0.2) is 0 Å². The molecular formula is C19H32O2S. The molecule has 126 valence electrons. The van der Waals surface area contributed by atoms with Crippen LogP contribution in [0.4, 0.5) is 0 Å². The molecule has 2 rings (SSSR count). The van der Waals surface area contributed by atoms with Crippen LogP contribution in [0.15, 0.2) is 12.2 Å². The van der Waals surface area contributed by atoms with E-state index in [1.54, 1.807) is 6.92 Å². The Morgan fingerprint density at radius 2 is 1.45 bits per heavy atom. The average Bonchev–Trinajstić information content (AvgIpc) is 2.48. The van der Waals surface area contributed by atoms with Gasteiger partial charge in [0.1, 0.15) is 6.10 Å². The molecule has 0 aromatic heterocycles. The lowest BCUT2D eigenvalue weighted by Gasteiger charge is -2.46. The zero-order chi connectivity index (χ0) is 16.3. The van der Waals surface area contributed by atoms with Crippen LogP contribution in [0.1, 0.15) is 72.1 Å². The maximum Gasteiger partial charge on any atom is 0.333 e. The van der Waals surface area contributed by atoms with Crippen molar-refractivity contribution in [2.75, 3.05) is 0 Å². The second-order valence-electron chi connectivity index (χ2n) is 7.99. The molecule has 0 bridgehead atoms. The number of ether oxygens (including phenoxy) is 1. The molecule has 3 heteroatoms. The summed E-state index contributed by atoms with van der Waals surface area (Å²) in [6.07, 6.45) is 9.67. The highest BCUT2D eigenvalue weighted by atomic mass is 32.1. The van der Waals surface area contributed by atoms with Crippen molar-refractivity contribution in [2.24, 2.45) is 17.3 Å². The molecule has 2 saturated carbocycles. The number of carbonyl (C=O) groups excluding carboxylic acids is 1. The van der Waals surface area contributed by atoms with Crippen LogP contribution >= 0.6 is 12.6 Å². The Morgan fingerprint density at radius 3 is 1.91 bits per heavy atom. The zero-order valence-electron chi connectivity index (χ0n) is 14.4. The predicted molar refractivity (Wildman–Crippen MR) is 95.2 cm³/mol. The van der Waals surface area contributed by atoms with Crippen LogP contribution in [0.2, 0.25) is 0 Å². The monoisotopic (exact) mass is 324 g/mol. The number of hydrogen-bond acceptors (Lipinski definition) is 3. The molecular weight excluding hydrogens is 292 g/mol. The summed E-state index contributed by atoms with van der Waals surface area (Å²) >= 11 is 4.63. The van der Waals surface area contributed by atoms with Crippen molar-refractivity contribution in [1.29, 1.82) is 0 Å². The van der Waals surface area contributed by atoms with Crippen LogP contribution in [0.3, 0.4) is 0 Å². The zero-order valence-corrected chi connectivity index (χ0v) is 15.3. The predicted octanol–water partition coefficient (Wildman–Crippen LogP) is 5.18. The van der Waals surface area contributed by atoms with Crippen molar-refractivity contribution in [3.8, 4) is 0 Å². The summed E-state index contributed by atoms with van der Waals surface area (Å²) < 4.78 is 5.52. The standard InChI is InChI=1S/C19H32O2S/c1-13(2)18(20)21-16-9-5-14(6-10-16)19(3,4)15-7-11-17(22)12-8-15/h14-17,22H,1,5-12H2,2-4H3. The Bertz CT molecular complexity index is 400. The Labute approximate surface area is 141 Å². The molecule has 0 aromatic rings. The Morgan fingerprint density at radius 1 is 1.00 bits per heavy atom. The minimum Gasteiger partial charge on any atom is -0.459 e. The molecule has 22 heavy (non-hydrogen) atoms. The summed E-state index contributed by atoms with van der Waals surface area (Å²) in [5.74, 6) is 1.36. The summed E-state index contributed by atoms with van der Waals surface area (Å²) in [6, 6.07) is 0. The second kappa shape index (κ2) is 7.42. The molecule has 0 atom stereocenters. The molecule has 0 aliphatic heterocycles. The first-order chi connectivity index (χ1) is 10.3. The first-order valence-electron chi connectivity index (χ1n) is 8.85. The first kappa shape index (κ1) is 17.9. The van der Waals surface area contributed by atoms with Crippen molar-refractivity contribution in [1.82, 2.24) is 0 Å². The number of esters is 1. The highest BCUT2D eigenvalue weighted by Gasteiger charge is 2.40. The Kier molecular flexibility index (Phi) is 6.04. The van der Waals surface area contributed by atoms with E-state index in [2.05, 4.69) is 33.1 Å². The summed E-state index contributed by atoms with van der Waals surface area (Å²) in [5, 5.41) is 0.615. The minimum absolute atomic E-state index is 0.101. The lowest BCUT2D eigenvalue weighted by molar-refractivity contribution is -0.146. The van der Waals surface area contributed by atoms with Gasteiger partial charge >= 0.3 is 5.97 Å². The summed E-state index contributed by atoms with van der Waals surface area (Å²) in [4.78, 5) is 11.6. The van der Waals surface area contributed by atoms with E-state index in [1.165, 1.54) is 38.5 Å². The molecule has 0 unspecified atom stereocenters. The van der Waals surface area contributed by atoms with E-state index in [9.17, 15) is 4.79 Å². The normalized spacial score (nSPS) is 33.3. The van der Waals surface area contributed by atoms with E-state index >= 15 is 0 Å². The highest BCUT2D eigenvalue weighted by Crippen LogP contribution is 2.49. The van der Waals surface area contributed by atoms with Gasteiger partial charge in [-0.3, -0.25) is 0 Å². The molecule has 0 amide bonds. The molecule has 0 N–H and O–H groups in total. The maximum atomic E-state index is 11.6. The Hall–Kier alpha value is -0.440. The largest absolute Gasteiger partial charge is 0.459 e.